The molecule has 0 aromatic heterocycles. The van der Waals surface area contributed by atoms with Crippen LogP contribution in [0.5, 0.6) is 11.5 Å². The molecule has 0 amide bonds. The fraction of sp³-hybridized carbons (Fsp3) is 0.222. The second-order valence-electron chi connectivity index (χ2n) is 2.77. The number of rotatable bonds is 4. The molecular weight excluding hydrogens is 186 g/mol. The van der Waals surface area contributed by atoms with Gasteiger partial charge in [-0.25, -0.2) is 0 Å². The van der Waals surface area contributed by atoms with Gasteiger partial charge in [0, 0.05) is 18.3 Å². The number of phenols is 2. The third kappa shape index (κ3) is 2.85. The zero-order valence-corrected chi connectivity index (χ0v) is 7.40. The molecule has 0 radical (unpaired) electrons. The van der Waals surface area contributed by atoms with E-state index in [0.29, 0.717) is 5.69 Å². The average molecular weight is 197 g/mol. The number of hydrogen-bond acceptors (Lipinski definition) is 4. The Labute approximate surface area is 80.6 Å². The van der Waals surface area contributed by atoms with Crippen LogP contribution in [0.15, 0.2) is 18.2 Å². The molecule has 4 N–H and O–H groups in total. The molecule has 0 heterocycles. The number of hydrogen-bond donors (Lipinski definition) is 4. The van der Waals surface area contributed by atoms with Crippen molar-refractivity contribution in [3.8, 4) is 11.5 Å². The highest BCUT2D eigenvalue weighted by Crippen LogP contribution is 2.27. The highest BCUT2D eigenvalue weighted by atomic mass is 16.4. The predicted molar refractivity (Wildman–Crippen MR) is 50.5 cm³/mol. The summed E-state index contributed by atoms with van der Waals surface area (Å²) in [6.45, 7) is 0.277. The SMILES string of the molecule is O=C(O)CCNc1ccc(O)c(O)c1. The molecule has 0 saturated heterocycles. The summed E-state index contributed by atoms with van der Waals surface area (Å²) in [5.41, 5.74) is 0.571. The van der Waals surface area contributed by atoms with E-state index in [1.54, 1.807) is 6.07 Å². The summed E-state index contributed by atoms with van der Waals surface area (Å²) < 4.78 is 0. The van der Waals surface area contributed by atoms with Crippen LogP contribution in [-0.4, -0.2) is 27.8 Å². The first-order chi connectivity index (χ1) is 6.59. The number of aromatic hydroxyl groups is 2. The van der Waals surface area contributed by atoms with Crippen molar-refractivity contribution in [1.29, 1.82) is 0 Å². The van der Waals surface area contributed by atoms with Gasteiger partial charge in [0.15, 0.2) is 11.5 Å². The maximum atomic E-state index is 10.2. The van der Waals surface area contributed by atoms with Crippen molar-refractivity contribution in [1.82, 2.24) is 0 Å². The number of anilines is 1. The van der Waals surface area contributed by atoms with Crippen LogP contribution in [0.1, 0.15) is 6.42 Å². The summed E-state index contributed by atoms with van der Waals surface area (Å²) in [6.07, 6.45) is 0.00163. The van der Waals surface area contributed by atoms with Crippen molar-refractivity contribution < 1.29 is 20.1 Å². The van der Waals surface area contributed by atoms with Crippen molar-refractivity contribution in [2.24, 2.45) is 0 Å². The smallest absolute Gasteiger partial charge is 0.305 e. The number of aliphatic carboxylic acids is 1. The zero-order valence-electron chi connectivity index (χ0n) is 7.40. The molecule has 0 unspecified atom stereocenters. The van der Waals surface area contributed by atoms with Gasteiger partial charge in [0.25, 0.3) is 0 Å². The molecule has 5 nitrogen and oxygen atoms in total. The van der Waals surface area contributed by atoms with Crippen molar-refractivity contribution in [2.75, 3.05) is 11.9 Å². The molecule has 0 aliphatic heterocycles. The second kappa shape index (κ2) is 4.36. The Bertz CT molecular complexity index is 338. The van der Waals surface area contributed by atoms with E-state index < -0.39 is 5.97 Å². The maximum absolute atomic E-state index is 10.2. The molecule has 14 heavy (non-hydrogen) atoms. The fourth-order valence-electron chi connectivity index (χ4n) is 0.947. The quantitative estimate of drug-likeness (QED) is 0.427. The van der Waals surface area contributed by atoms with Gasteiger partial charge in [-0.3, -0.25) is 4.79 Å². The predicted octanol–water partition coefficient (Wildman–Crippen LogP) is 0.984. The first kappa shape index (κ1) is 10.2. The Morgan fingerprint density at radius 3 is 2.57 bits per heavy atom. The lowest BCUT2D eigenvalue weighted by Crippen LogP contribution is -2.07. The van der Waals surface area contributed by atoms with Gasteiger partial charge >= 0.3 is 5.97 Å². The van der Waals surface area contributed by atoms with E-state index in [9.17, 15) is 4.79 Å². The molecule has 0 aliphatic rings. The Kier molecular flexibility index (Phi) is 3.17. The van der Waals surface area contributed by atoms with E-state index in [-0.39, 0.29) is 24.5 Å². The average Bonchev–Trinajstić information content (AvgIpc) is 2.10. The number of carboxylic acid groups (broad SMARTS) is 1. The molecule has 1 rings (SSSR count). The van der Waals surface area contributed by atoms with Gasteiger partial charge in [0.1, 0.15) is 0 Å². The van der Waals surface area contributed by atoms with Crippen LogP contribution in [0.4, 0.5) is 5.69 Å². The number of phenolic OH excluding ortho intramolecular Hbond substituents is 2. The summed E-state index contributed by atoms with van der Waals surface area (Å²) >= 11 is 0. The number of carbonyl (C=O) groups is 1. The second-order valence-corrected chi connectivity index (χ2v) is 2.77. The van der Waals surface area contributed by atoms with E-state index in [2.05, 4.69) is 5.32 Å². The number of nitrogens with one attached hydrogen (secondary N) is 1. The van der Waals surface area contributed by atoms with Gasteiger partial charge in [-0.2, -0.15) is 0 Å². The normalized spacial score (nSPS) is 9.71. The van der Waals surface area contributed by atoms with Crippen LogP contribution < -0.4 is 5.32 Å². The van der Waals surface area contributed by atoms with Gasteiger partial charge in [-0.05, 0) is 12.1 Å². The summed E-state index contributed by atoms with van der Waals surface area (Å²) in [5.74, 6) is -1.32. The first-order valence-corrected chi connectivity index (χ1v) is 4.07. The first-order valence-electron chi connectivity index (χ1n) is 4.07. The molecule has 0 aliphatic carbocycles. The van der Waals surface area contributed by atoms with E-state index in [0.717, 1.165) is 0 Å². The summed E-state index contributed by atoms with van der Waals surface area (Å²) in [5, 5.41) is 29.2. The monoisotopic (exact) mass is 197 g/mol. The van der Waals surface area contributed by atoms with E-state index >= 15 is 0 Å². The van der Waals surface area contributed by atoms with Gasteiger partial charge in [0.2, 0.25) is 0 Å². The van der Waals surface area contributed by atoms with Crippen LogP contribution in [0.2, 0.25) is 0 Å². The largest absolute Gasteiger partial charge is 0.504 e. The van der Waals surface area contributed by atoms with Crippen molar-refractivity contribution in [3.05, 3.63) is 18.2 Å². The third-order valence-corrected chi connectivity index (χ3v) is 1.64. The molecule has 0 bridgehead atoms. The molecule has 76 valence electrons. The molecule has 1 aromatic rings. The van der Waals surface area contributed by atoms with E-state index in [4.69, 9.17) is 15.3 Å². The molecule has 1 aromatic carbocycles. The third-order valence-electron chi connectivity index (χ3n) is 1.64. The zero-order chi connectivity index (χ0) is 10.6. The summed E-state index contributed by atoms with van der Waals surface area (Å²) in [7, 11) is 0. The number of carboxylic acids is 1. The van der Waals surface area contributed by atoms with Crippen LogP contribution in [-0.2, 0) is 4.79 Å². The van der Waals surface area contributed by atoms with Crippen LogP contribution in [0.3, 0.4) is 0 Å². The molecule has 0 saturated carbocycles. The fourth-order valence-corrected chi connectivity index (χ4v) is 0.947. The molecule has 0 spiro atoms. The standard InChI is InChI=1S/C9H11NO4/c11-7-2-1-6(5-8(7)12)10-4-3-9(13)14/h1-2,5,10-12H,3-4H2,(H,13,14). The Morgan fingerprint density at radius 1 is 1.29 bits per heavy atom. The lowest BCUT2D eigenvalue weighted by Gasteiger charge is -2.05. The molecular formula is C9H11NO4. The molecule has 0 atom stereocenters. The van der Waals surface area contributed by atoms with Crippen LogP contribution in [0, 0.1) is 0 Å². The van der Waals surface area contributed by atoms with E-state index in [1.807, 2.05) is 0 Å². The van der Waals surface area contributed by atoms with Crippen molar-refractivity contribution in [2.45, 2.75) is 6.42 Å². The highest BCUT2D eigenvalue weighted by molar-refractivity contribution is 5.67. The summed E-state index contributed by atoms with van der Waals surface area (Å²) in [6, 6.07) is 4.21. The molecule has 5 heteroatoms. The minimum atomic E-state index is -0.888. The minimum Gasteiger partial charge on any atom is -0.504 e. The maximum Gasteiger partial charge on any atom is 0.305 e. The van der Waals surface area contributed by atoms with Crippen molar-refractivity contribution in [3.63, 3.8) is 0 Å². The lowest BCUT2D eigenvalue weighted by atomic mass is 10.2. The van der Waals surface area contributed by atoms with Crippen LogP contribution in [0.25, 0.3) is 0 Å². The minimum absolute atomic E-state index is 0.00163. The summed E-state index contributed by atoms with van der Waals surface area (Å²) in [4.78, 5) is 10.2. The molecule has 0 fully saturated rings. The van der Waals surface area contributed by atoms with E-state index in [1.165, 1.54) is 12.1 Å². The highest BCUT2D eigenvalue weighted by Gasteiger charge is 2.00. The van der Waals surface area contributed by atoms with Crippen LogP contribution >= 0.6 is 0 Å². The Balaban J connectivity index is 2.51. The van der Waals surface area contributed by atoms with Crippen molar-refractivity contribution >= 4 is 11.7 Å². The van der Waals surface area contributed by atoms with Gasteiger partial charge < -0.3 is 20.6 Å². The topological polar surface area (TPSA) is 89.8 Å². The van der Waals surface area contributed by atoms with Gasteiger partial charge in [-0.15, -0.1) is 0 Å². The van der Waals surface area contributed by atoms with Gasteiger partial charge in [-0.1, -0.05) is 0 Å². The lowest BCUT2D eigenvalue weighted by molar-refractivity contribution is -0.136. The number of benzene rings is 1. The Hall–Kier alpha value is -1.91. The Morgan fingerprint density at radius 2 is 2.00 bits per heavy atom. The van der Waals surface area contributed by atoms with Gasteiger partial charge in [0.05, 0.1) is 6.42 Å².